The molecule has 0 spiro atoms. The summed E-state index contributed by atoms with van der Waals surface area (Å²) in [5.41, 5.74) is 3.09. The lowest BCUT2D eigenvalue weighted by molar-refractivity contribution is -0.132. The van der Waals surface area contributed by atoms with Crippen molar-refractivity contribution in [2.75, 3.05) is 18.8 Å². The summed E-state index contributed by atoms with van der Waals surface area (Å²) in [5.74, 6) is 1.06. The second-order valence-electron chi connectivity index (χ2n) is 9.36. The zero-order valence-electron chi connectivity index (χ0n) is 21.1. The van der Waals surface area contributed by atoms with E-state index >= 15 is 0 Å². The molecule has 0 N–H and O–H groups in total. The van der Waals surface area contributed by atoms with Gasteiger partial charge in [-0.2, -0.15) is 11.3 Å². The molecule has 4 nitrogen and oxygen atoms in total. The van der Waals surface area contributed by atoms with E-state index in [1.807, 2.05) is 58.3 Å². The van der Waals surface area contributed by atoms with Crippen LogP contribution in [-0.4, -0.2) is 46.5 Å². The molecule has 0 aliphatic carbocycles. The highest BCUT2D eigenvalue weighted by molar-refractivity contribution is 7.99. The number of thiophene rings is 1. The zero-order chi connectivity index (χ0) is 25.2. The third-order valence-corrected chi connectivity index (χ3v) is 8.84. The van der Waals surface area contributed by atoms with E-state index in [9.17, 15) is 9.59 Å². The van der Waals surface area contributed by atoms with Gasteiger partial charge in [0.15, 0.2) is 0 Å². The monoisotopic (exact) mass is 520 g/mol. The SMILES string of the molecule is CCCCCCC(=O)N(CCc1ccsc1)C[C@@H]1CSC(c2ccccc2)N1C(=O)c1ccccc1. The molecule has 1 aromatic heterocycles. The predicted molar refractivity (Wildman–Crippen MR) is 151 cm³/mol. The van der Waals surface area contributed by atoms with E-state index in [4.69, 9.17) is 0 Å². The number of carbonyl (C=O) groups excluding carboxylic acids is 2. The first-order valence-corrected chi connectivity index (χ1v) is 15.0. The molecular weight excluding hydrogens is 484 g/mol. The predicted octanol–water partition coefficient (Wildman–Crippen LogP) is 7.05. The van der Waals surface area contributed by atoms with Crippen molar-refractivity contribution in [3.63, 3.8) is 0 Å². The van der Waals surface area contributed by atoms with Crippen molar-refractivity contribution in [1.29, 1.82) is 0 Å². The molecule has 2 amide bonds. The number of unbranched alkanes of at least 4 members (excludes halogenated alkanes) is 3. The summed E-state index contributed by atoms with van der Waals surface area (Å²) in [6.45, 7) is 3.45. The lowest BCUT2D eigenvalue weighted by Crippen LogP contribution is -2.47. The van der Waals surface area contributed by atoms with Gasteiger partial charge in [0, 0.05) is 30.8 Å². The van der Waals surface area contributed by atoms with Gasteiger partial charge in [-0.1, -0.05) is 74.7 Å². The number of benzene rings is 2. The van der Waals surface area contributed by atoms with Crippen molar-refractivity contribution in [2.45, 2.75) is 56.9 Å². The van der Waals surface area contributed by atoms with E-state index < -0.39 is 0 Å². The highest BCUT2D eigenvalue weighted by Crippen LogP contribution is 2.42. The van der Waals surface area contributed by atoms with Crippen molar-refractivity contribution in [2.24, 2.45) is 0 Å². The second kappa shape index (κ2) is 13.7. The summed E-state index contributed by atoms with van der Waals surface area (Å²) < 4.78 is 0. The largest absolute Gasteiger partial charge is 0.340 e. The Morgan fingerprint density at radius 2 is 1.72 bits per heavy atom. The van der Waals surface area contributed by atoms with Crippen LogP contribution < -0.4 is 0 Å². The highest BCUT2D eigenvalue weighted by atomic mass is 32.2. The lowest BCUT2D eigenvalue weighted by Gasteiger charge is -2.33. The number of amides is 2. The number of rotatable bonds is 12. The van der Waals surface area contributed by atoms with Crippen molar-refractivity contribution in [3.05, 3.63) is 94.2 Å². The van der Waals surface area contributed by atoms with E-state index in [-0.39, 0.29) is 23.2 Å². The van der Waals surface area contributed by atoms with Crippen LogP contribution in [0.2, 0.25) is 0 Å². The molecule has 1 saturated heterocycles. The van der Waals surface area contributed by atoms with E-state index in [1.54, 1.807) is 23.1 Å². The van der Waals surface area contributed by atoms with Crippen LogP contribution in [0.4, 0.5) is 0 Å². The third kappa shape index (κ3) is 7.01. The van der Waals surface area contributed by atoms with Crippen molar-refractivity contribution in [1.82, 2.24) is 9.80 Å². The van der Waals surface area contributed by atoms with Gasteiger partial charge < -0.3 is 9.80 Å². The molecular formula is C30H36N2O2S2. The normalized spacial score (nSPS) is 17.3. The van der Waals surface area contributed by atoms with Crippen LogP contribution >= 0.6 is 23.1 Å². The molecule has 1 fully saturated rings. The van der Waals surface area contributed by atoms with Crippen LogP contribution in [0.5, 0.6) is 0 Å². The Kier molecular flexibility index (Phi) is 10.1. The van der Waals surface area contributed by atoms with E-state index in [0.717, 1.165) is 37.0 Å². The average molecular weight is 521 g/mol. The van der Waals surface area contributed by atoms with Gasteiger partial charge in [-0.15, -0.1) is 11.8 Å². The fourth-order valence-electron chi connectivity index (χ4n) is 4.70. The molecule has 0 radical (unpaired) electrons. The Labute approximate surface area is 223 Å². The molecule has 4 rings (SSSR count). The van der Waals surface area contributed by atoms with E-state index in [2.05, 4.69) is 35.9 Å². The van der Waals surface area contributed by atoms with Crippen LogP contribution in [0, 0.1) is 0 Å². The van der Waals surface area contributed by atoms with Gasteiger partial charge in [0.2, 0.25) is 5.91 Å². The number of hydrogen-bond acceptors (Lipinski definition) is 4. The van der Waals surface area contributed by atoms with Crippen LogP contribution in [-0.2, 0) is 11.2 Å². The number of nitrogens with zero attached hydrogens (tertiary/aromatic N) is 2. The minimum atomic E-state index is -0.0534. The minimum absolute atomic E-state index is 0.0324. The first kappa shape index (κ1) is 26.5. The van der Waals surface area contributed by atoms with Gasteiger partial charge in [0.25, 0.3) is 5.91 Å². The number of thioether (sulfide) groups is 1. The highest BCUT2D eigenvalue weighted by Gasteiger charge is 2.40. The fourth-order valence-corrected chi connectivity index (χ4v) is 6.86. The number of hydrogen-bond donors (Lipinski definition) is 0. The molecule has 2 heterocycles. The summed E-state index contributed by atoms with van der Waals surface area (Å²) >= 11 is 3.49. The summed E-state index contributed by atoms with van der Waals surface area (Å²) in [6, 6.07) is 21.9. The summed E-state index contributed by atoms with van der Waals surface area (Å²) in [7, 11) is 0. The molecule has 3 aromatic rings. The minimum Gasteiger partial charge on any atom is -0.340 e. The Hall–Kier alpha value is -2.57. The second-order valence-corrected chi connectivity index (χ2v) is 11.3. The van der Waals surface area contributed by atoms with Gasteiger partial charge >= 0.3 is 0 Å². The van der Waals surface area contributed by atoms with Crippen LogP contribution in [0.1, 0.15) is 65.9 Å². The van der Waals surface area contributed by atoms with Gasteiger partial charge in [0.1, 0.15) is 5.37 Å². The first-order valence-electron chi connectivity index (χ1n) is 13.0. The quantitative estimate of drug-likeness (QED) is 0.240. The van der Waals surface area contributed by atoms with Crippen molar-refractivity contribution in [3.8, 4) is 0 Å². The van der Waals surface area contributed by atoms with Crippen molar-refractivity contribution >= 4 is 34.9 Å². The van der Waals surface area contributed by atoms with Gasteiger partial charge in [-0.05, 0) is 52.9 Å². The van der Waals surface area contributed by atoms with E-state index in [1.165, 1.54) is 12.0 Å². The molecule has 2 aromatic carbocycles. The molecule has 6 heteroatoms. The zero-order valence-corrected chi connectivity index (χ0v) is 22.7. The Balaban J connectivity index is 1.54. The number of carbonyl (C=O) groups is 2. The topological polar surface area (TPSA) is 40.6 Å². The smallest absolute Gasteiger partial charge is 0.255 e. The maximum Gasteiger partial charge on any atom is 0.255 e. The molecule has 190 valence electrons. The maximum atomic E-state index is 13.8. The van der Waals surface area contributed by atoms with Gasteiger partial charge in [-0.25, -0.2) is 0 Å². The Bertz CT molecular complexity index is 1070. The molecule has 2 atom stereocenters. The standard InChI is InChI=1S/C30H36N2O2S2/c1-2-3-4-11-16-28(33)31(19-17-24-18-20-35-22-24)21-27-23-36-30(26-14-9-6-10-15-26)32(27)29(34)25-12-7-5-8-13-25/h5-10,12-15,18,20,22,27,30H,2-4,11,16-17,19,21,23H2,1H3/t27-,30?/m1/s1. The summed E-state index contributed by atoms with van der Waals surface area (Å²) in [6.07, 6.45) is 5.78. The maximum absolute atomic E-state index is 13.8. The molecule has 36 heavy (non-hydrogen) atoms. The molecule has 0 bridgehead atoms. The summed E-state index contributed by atoms with van der Waals surface area (Å²) in [4.78, 5) is 31.2. The van der Waals surface area contributed by atoms with Crippen LogP contribution in [0.3, 0.4) is 0 Å². The lowest BCUT2D eigenvalue weighted by atomic mass is 10.1. The molecule has 1 aliphatic heterocycles. The fraction of sp³-hybridized carbons (Fsp3) is 0.400. The first-order chi connectivity index (χ1) is 17.7. The van der Waals surface area contributed by atoms with Crippen molar-refractivity contribution < 1.29 is 9.59 Å². The Morgan fingerprint density at radius 1 is 0.972 bits per heavy atom. The van der Waals surface area contributed by atoms with Gasteiger partial charge in [-0.3, -0.25) is 9.59 Å². The average Bonchev–Trinajstić information content (AvgIpc) is 3.59. The third-order valence-electron chi connectivity index (χ3n) is 6.71. The Morgan fingerprint density at radius 3 is 2.42 bits per heavy atom. The molecule has 1 aliphatic rings. The molecule has 1 unspecified atom stereocenters. The van der Waals surface area contributed by atoms with Crippen LogP contribution in [0.15, 0.2) is 77.5 Å². The van der Waals surface area contributed by atoms with E-state index in [0.29, 0.717) is 25.1 Å². The molecule has 0 saturated carbocycles. The summed E-state index contributed by atoms with van der Waals surface area (Å²) in [5, 5.41) is 4.19. The van der Waals surface area contributed by atoms with Crippen LogP contribution in [0.25, 0.3) is 0 Å². The van der Waals surface area contributed by atoms with Gasteiger partial charge in [0.05, 0.1) is 6.04 Å².